The quantitative estimate of drug-likeness (QED) is 0.841. The highest BCUT2D eigenvalue weighted by atomic mass is 32.2. The van der Waals surface area contributed by atoms with Crippen molar-refractivity contribution in [1.82, 2.24) is 5.32 Å². The molecule has 1 fully saturated rings. The highest BCUT2D eigenvalue weighted by Gasteiger charge is 2.30. The van der Waals surface area contributed by atoms with Crippen LogP contribution in [0.1, 0.15) is 32.6 Å². The van der Waals surface area contributed by atoms with Crippen molar-refractivity contribution in [2.45, 2.75) is 43.5 Å². The van der Waals surface area contributed by atoms with Gasteiger partial charge in [-0.3, -0.25) is 0 Å². The SMILES string of the molecule is CCNC(CS(=O)(=O)c1ccccc1OC)C1CCCC1. The van der Waals surface area contributed by atoms with E-state index >= 15 is 0 Å². The van der Waals surface area contributed by atoms with E-state index in [2.05, 4.69) is 5.32 Å². The van der Waals surface area contributed by atoms with Gasteiger partial charge in [0.1, 0.15) is 10.6 Å². The fourth-order valence-corrected chi connectivity index (χ4v) is 4.97. The molecule has 1 aromatic rings. The zero-order valence-electron chi connectivity index (χ0n) is 12.8. The molecule has 5 heteroatoms. The summed E-state index contributed by atoms with van der Waals surface area (Å²) in [6.07, 6.45) is 4.67. The molecule has 0 heterocycles. The molecular formula is C16H25NO3S. The van der Waals surface area contributed by atoms with Crippen molar-refractivity contribution in [2.24, 2.45) is 5.92 Å². The fourth-order valence-electron chi connectivity index (χ4n) is 3.19. The molecule has 0 saturated heterocycles. The van der Waals surface area contributed by atoms with Gasteiger partial charge in [0.2, 0.25) is 0 Å². The van der Waals surface area contributed by atoms with Gasteiger partial charge in [-0.2, -0.15) is 0 Å². The Morgan fingerprint density at radius 3 is 2.57 bits per heavy atom. The molecule has 4 nitrogen and oxygen atoms in total. The van der Waals surface area contributed by atoms with Crippen molar-refractivity contribution in [3.63, 3.8) is 0 Å². The smallest absolute Gasteiger partial charge is 0.183 e. The van der Waals surface area contributed by atoms with E-state index in [4.69, 9.17) is 4.74 Å². The van der Waals surface area contributed by atoms with Gasteiger partial charge in [-0.05, 0) is 37.4 Å². The number of ether oxygens (including phenoxy) is 1. The number of rotatable bonds is 7. The maximum Gasteiger partial charge on any atom is 0.183 e. The van der Waals surface area contributed by atoms with E-state index in [9.17, 15) is 8.42 Å². The van der Waals surface area contributed by atoms with Crippen LogP contribution in [-0.4, -0.2) is 33.9 Å². The van der Waals surface area contributed by atoms with Crippen LogP contribution < -0.4 is 10.1 Å². The van der Waals surface area contributed by atoms with Crippen LogP contribution in [0.3, 0.4) is 0 Å². The Kier molecular flexibility index (Phi) is 5.65. The summed E-state index contributed by atoms with van der Waals surface area (Å²) in [5.74, 6) is 1.04. The summed E-state index contributed by atoms with van der Waals surface area (Å²) in [7, 11) is -1.84. The van der Waals surface area contributed by atoms with Crippen LogP contribution in [0.15, 0.2) is 29.2 Å². The number of hydrogen-bond acceptors (Lipinski definition) is 4. The fraction of sp³-hybridized carbons (Fsp3) is 0.625. The second-order valence-electron chi connectivity index (χ2n) is 5.64. The van der Waals surface area contributed by atoms with Crippen LogP contribution >= 0.6 is 0 Å². The monoisotopic (exact) mass is 311 g/mol. The van der Waals surface area contributed by atoms with Crippen LogP contribution in [0.4, 0.5) is 0 Å². The molecule has 0 spiro atoms. The lowest BCUT2D eigenvalue weighted by Gasteiger charge is -2.24. The topological polar surface area (TPSA) is 55.4 Å². The zero-order valence-corrected chi connectivity index (χ0v) is 13.7. The van der Waals surface area contributed by atoms with Crippen molar-refractivity contribution < 1.29 is 13.2 Å². The molecule has 1 atom stereocenters. The van der Waals surface area contributed by atoms with Crippen LogP contribution in [-0.2, 0) is 9.84 Å². The predicted molar refractivity (Wildman–Crippen MR) is 84.5 cm³/mol. The van der Waals surface area contributed by atoms with Crippen LogP contribution in [0, 0.1) is 5.92 Å². The van der Waals surface area contributed by atoms with E-state index in [1.165, 1.54) is 20.0 Å². The molecule has 1 aromatic carbocycles. The van der Waals surface area contributed by atoms with E-state index < -0.39 is 9.84 Å². The molecule has 0 bridgehead atoms. The third-order valence-corrected chi connectivity index (χ3v) is 6.04. The third kappa shape index (κ3) is 3.98. The van der Waals surface area contributed by atoms with E-state index in [0.29, 0.717) is 16.6 Å². The number of hydrogen-bond donors (Lipinski definition) is 1. The first-order valence-corrected chi connectivity index (χ1v) is 9.33. The first kappa shape index (κ1) is 16.3. The van der Waals surface area contributed by atoms with Crippen molar-refractivity contribution in [3.05, 3.63) is 24.3 Å². The van der Waals surface area contributed by atoms with Crippen molar-refractivity contribution >= 4 is 9.84 Å². The third-order valence-electron chi connectivity index (χ3n) is 4.24. The molecular weight excluding hydrogens is 286 g/mol. The second kappa shape index (κ2) is 7.27. The van der Waals surface area contributed by atoms with Crippen LogP contribution in [0.2, 0.25) is 0 Å². The van der Waals surface area contributed by atoms with E-state index in [-0.39, 0.29) is 11.8 Å². The standard InChI is InChI=1S/C16H25NO3S/c1-3-17-14(13-8-4-5-9-13)12-21(18,19)16-11-7-6-10-15(16)20-2/h6-7,10-11,13-14,17H,3-5,8-9,12H2,1-2H3. The van der Waals surface area contributed by atoms with Gasteiger partial charge in [0, 0.05) is 6.04 Å². The number of nitrogens with one attached hydrogen (secondary N) is 1. The van der Waals surface area contributed by atoms with E-state index in [1.807, 2.05) is 6.92 Å². The second-order valence-corrected chi connectivity index (χ2v) is 7.64. The highest BCUT2D eigenvalue weighted by Crippen LogP contribution is 2.31. The zero-order chi connectivity index (χ0) is 15.3. The predicted octanol–water partition coefficient (Wildman–Crippen LogP) is 2.64. The maximum absolute atomic E-state index is 12.7. The van der Waals surface area contributed by atoms with Crippen molar-refractivity contribution in [3.8, 4) is 5.75 Å². The summed E-state index contributed by atoms with van der Waals surface area (Å²) in [6.45, 7) is 2.82. The van der Waals surface area contributed by atoms with Crippen LogP contribution in [0.25, 0.3) is 0 Å². The number of methoxy groups -OCH3 is 1. The largest absolute Gasteiger partial charge is 0.495 e. The Labute approximate surface area is 127 Å². The molecule has 21 heavy (non-hydrogen) atoms. The summed E-state index contributed by atoms with van der Waals surface area (Å²) < 4.78 is 30.7. The van der Waals surface area contributed by atoms with Gasteiger partial charge < -0.3 is 10.1 Å². The Bertz CT molecular complexity index is 550. The highest BCUT2D eigenvalue weighted by molar-refractivity contribution is 7.91. The normalized spacial score (nSPS) is 17.8. The lowest BCUT2D eigenvalue weighted by Crippen LogP contribution is -2.40. The van der Waals surface area contributed by atoms with Crippen molar-refractivity contribution in [1.29, 1.82) is 0 Å². The molecule has 1 saturated carbocycles. The summed E-state index contributed by atoms with van der Waals surface area (Å²) in [4.78, 5) is 0.299. The molecule has 118 valence electrons. The lowest BCUT2D eigenvalue weighted by atomic mass is 10.00. The number of sulfone groups is 1. The summed E-state index contributed by atoms with van der Waals surface area (Å²) in [6, 6.07) is 6.90. The number of benzene rings is 1. The number of para-hydroxylation sites is 1. The van der Waals surface area contributed by atoms with Gasteiger partial charge in [0.15, 0.2) is 9.84 Å². The summed E-state index contributed by atoms with van der Waals surface area (Å²) >= 11 is 0. The molecule has 0 aromatic heterocycles. The average molecular weight is 311 g/mol. The molecule has 0 aliphatic heterocycles. The molecule has 1 aliphatic rings. The van der Waals surface area contributed by atoms with Crippen LogP contribution in [0.5, 0.6) is 5.75 Å². The Morgan fingerprint density at radius 1 is 1.29 bits per heavy atom. The molecule has 0 amide bonds. The first-order valence-electron chi connectivity index (χ1n) is 7.67. The Hall–Kier alpha value is -1.07. The first-order chi connectivity index (χ1) is 10.1. The minimum Gasteiger partial charge on any atom is -0.495 e. The minimum absolute atomic E-state index is 0.0346. The summed E-state index contributed by atoms with van der Waals surface area (Å²) in [5.41, 5.74) is 0. The van der Waals surface area contributed by atoms with Gasteiger partial charge in [0.05, 0.1) is 12.9 Å². The molecule has 1 unspecified atom stereocenters. The van der Waals surface area contributed by atoms with Gasteiger partial charge in [-0.1, -0.05) is 31.9 Å². The van der Waals surface area contributed by atoms with Crippen molar-refractivity contribution in [2.75, 3.05) is 19.4 Å². The Balaban J connectivity index is 2.21. The van der Waals surface area contributed by atoms with Gasteiger partial charge in [-0.15, -0.1) is 0 Å². The lowest BCUT2D eigenvalue weighted by molar-refractivity contribution is 0.386. The maximum atomic E-state index is 12.7. The average Bonchev–Trinajstić information content (AvgIpc) is 3.01. The van der Waals surface area contributed by atoms with E-state index in [1.54, 1.807) is 24.3 Å². The van der Waals surface area contributed by atoms with E-state index in [0.717, 1.165) is 19.4 Å². The van der Waals surface area contributed by atoms with Gasteiger partial charge in [-0.25, -0.2) is 8.42 Å². The van der Waals surface area contributed by atoms with Gasteiger partial charge >= 0.3 is 0 Å². The van der Waals surface area contributed by atoms with Gasteiger partial charge in [0.25, 0.3) is 0 Å². The Morgan fingerprint density at radius 2 is 1.95 bits per heavy atom. The molecule has 2 rings (SSSR count). The molecule has 1 aliphatic carbocycles. The summed E-state index contributed by atoms with van der Waals surface area (Å²) in [5, 5.41) is 3.37. The molecule has 0 radical (unpaired) electrons. The minimum atomic E-state index is -3.35. The molecule has 1 N–H and O–H groups in total.